The van der Waals surface area contributed by atoms with Crippen LogP contribution in [0, 0.1) is 6.92 Å². The van der Waals surface area contributed by atoms with Gasteiger partial charge in [0.05, 0.1) is 10.0 Å². The number of nitrogens with one attached hydrogen (secondary N) is 1. The molecule has 0 saturated carbocycles. The summed E-state index contributed by atoms with van der Waals surface area (Å²) >= 11 is 5.16. The average Bonchev–Trinajstić information content (AvgIpc) is 2.76. The molecule has 0 bridgehead atoms. The highest BCUT2D eigenvalue weighted by Crippen LogP contribution is 2.29. The number of hydrogen-bond acceptors (Lipinski definition) is 4. The first-order valence-corrected chi connectivity index (χ1v) is 6.96. The van der Waals surface area contributed by atoms with E-state index in [-0.39, 0.29) is 5.54 Å². The first-order valence-electron chi connectivity index (χ1n) is 5.29. The maximum Gasteiger partial charge on any atom is 0.141 e. The van der Waals surface area contributed by atoms with E-state index in [2.05, 4.69) is 45.1 Å². The van der Waals surface area contributed by atoms with Crippen LogP contribution in [-0.2, 0) is 5.54 Å². The van der Waals surface area contributed by atoms with E-state index in [0.717, 1.165) is 20.9 Å². The molecule has 5 heteroatoms. The van der Waals surface area contributed by atoms with Gasteiger partial charge in [0.15, 0.2) is 0 Å². The normalized spacial score (nSPS) is 11.5. The van der Waals surface area contributed by atoms with Crippen LogP contribution < -0.4 is 5.32 Å². The highest BCUT2D eigenvalue weighted by Gasteiger charge is 2.24. The Labute approximate surface area is 113 Å². The topological polar surface area (TPSA) is 37.8 Å². The lowest BCUT2D eigenvalue weighted by Gasteiger charge is -2.25. The molecule has 0 fully saturated rings. The zero-order valence-electron chi connectivity index (χ0n) is 9.99. The predicted octanol–water partition coefficient (Wildman–Crippen LogP) is 3.96. The Morgan fingerprint density at radius 3 is 2.71 bits per heavy atom. The smallest absolute Gasteiger partial charge is 0.141 e. The molecule has 2 heterocycles. The van der Waals surface area contributed by atoms with Crippen LogP contribution in [-0.4, -0.2) is 9.97 Å². The number of rotatable bonds is 3. The van der Waals surface area contributed by atoms with Gasteiger partial charge < -0.3 is 5.32 Å². The van der Waals surface area contributed by atoms with Gasteiger partial charge in [-0.2, -0.15) is 0 Å². The first-order chi connectivity index (χ1) is 7.99. The molecular formula is C12H14BrN3S. The summed E-state index contributed by atoms with van der Waals surface area (Å²) in [7, 11) is 0. The molecule has 0 aliphatic rings. The van der Waals surface area contributed by atoms with Gasteiger partial charge in [0.1, 0.15) is 10.8 Å². The van der Waals surface area contributed by atoms with Crippen LogP contribution in [0.2, 0.25) is 0 Å². The number of hydrogen-bond donors (Lipinski definition) is 1. The van der Waals surface area contributed by atoms with Gasteiger partial charge in [0.2, 0.25) is 0 Å². The largest absolute Gasteiger partial charge is 0.358 e. The summed E-state index contributed by atoms with van der Waals surface area (Å²) in [5, 5.41) is 6.44. The maximum absolute atomic E-state index is 4.39. The van der Waals surface area contributed by atoms with E-state index in [1.165, 1.54) is 0 Å². The number of pyridine rings is 1. The first kappa shape index (κ1) is 12.5. The number of anilines is 1. The van der Waals surface area contributed by atoms with Crippen molar-refractivity contribution >= 4 is 33.1 Å². The third kappa shape index (κ3) is 2.84. The molecule has 0 amide bonds. The van der Waals surface area contributed by atoms with Gasteiger partial charge in [-0.1, -0.05) is 0 Å². The molecule has 1 N–H and O–H groups in total. The van der Waals surface area contributed by atoms with E-state index in [0.29, 0.717) is 0 Å². The van der Waals surface area contributed by atoms with Crippen LogP contribution in [0.5, 0.6) is 0 Å². The van der Waals surface area contributed by atoms with Crippen LogP contribution in [0.1, 0.15) is 24.4 Å². The van der Waals surface area contributed by atoms with Gasteiger partial charge in [-0.15, -0.1) is 11.3 Å². The second-order valence-electron chi connectivity index (χ2n) is 4.43. The molecule has 0 radical (unpaired) electrons. The predicted molar refractivity (Wildman–Crippen MR) is 75.4 cm³/mol. The van der Waals surface area contributed by atoms with Crippen LogP contribution in [0.25, 0.3) is 0 Å². The fourth-order valence-electron chi connectivity index (χ4n) is 1.51. The molecule has 0 aliphatic heterocycles. The lowest BCUT2D eigenvalue weighted by molar-refractivity contribution is 0.600. The van der Waals surface area contributed by atoms with Gasteiger partial charge in [-0.25, -0.2) is 9.97 Å². The molecular weight excluding hydrogens is 298 g/mol. The second kappa shape index (κ2) is 4.74. The van der Waals surface area contributed by atoms with E-state index in [4.69, 9.17) is 0 Å². The quantitative estimate of drug-likeness (QED) is 0.932. The Morgan fingerprint density at radius 2 is 2.12 bits per heavy atom. The van der Waals surface area contributed by atoms with Gasteiger partial charge >= 0.3 is 0 Å². The van der Waals surface area contributed by atoms with Crippen molar-refractivity contribution < 1.29 is 0 Å². The Balaban J connectivity index is 2.26. The van der Waals surface area contributed by atoms with Crippen molar-refractivity contribution in [3.8, 4) is 0 Å². The molecule has 2 aromatic rings. The summed E-state index contributed by atoms with van der Waals surface area (Å²) in [5.41, 5.74) is 0.911. The lowest BCUT2D eigenvalue weighted by Crippen LogP contribution is -2.28. The van der Waals surface area contributed by atoms with Gasteiger partial charge in [-0.3, -0.25) is 0 Å². The van der Waals surface area contributed by atoms with Gasteiger partial charge in [-0.05, 0) is 48.3 Å². The average molecular weight is 312 g/mol. The van der Waals surface area contributed by atoms with Crippen molar-refractivity contribution in [3.05, 3.63) is 38.9 Å². The number of nitrogens with zero attached hydrogens (tertiary/aromatic N) is 2. The van der Waals surface area contributed by atoms with E-state index < -0.39 is 0 Å². The standard InChI is InChI=1S/C12H14BrN3S/c1-8-6-9(13)10(15-7-8)16-12(2,3)11-14-4-5-17-11/h4-7H,1-3H3,(H,15,16). The summed E-state index contributed by atoms with van der Waals surface area (Å²) in [4.78, 5) is 8.74. The van der Waals surface area contributed by atoms with E-state index in [9.17, 15) is 0 Å². The molecule has 2 aromatic heterocycles. The minimum absolute atomic E-state index is 0.223. The Bertz CT molecular complexity index is 508. The maximum atomic E-state index is 4.39. The molecule has 90 valence electrons. The highest BCUT2D eigenvalue weighted by atomic mass is 79.9. The number of aryl methyl sites for hydroxylation is 1. The van der Waals surface area contributed by atoms with Crippen LogP contribution in [0.4, 0.5) is 5.82 Å². The Hall–Kier alpha value is -0.940. The highest BCUT2D eigenvalue weighted by molar-refractivity contribution is 9.10. The molecule has 0 aromatic carbocycles. The zero-order valence-corrected chi connectivity index (χ0v) is 12.4. The molecule has 17 heavy (non-hydrogen) atoms. The summed E-state index contributed by atoms with van der Waals surface area (Å²) < 4.78 is 0.974. The minimum atomic E-state index is -0.223. The molecule has 0 unspecified atom stereocenters. The third-order valence-electron chi connectivity index (χ3n) is 2.38. The van der Waals surface area contributed by atoms with Gasteiger partial charge in [0.25, 0.3) is 0 Å². The fraction of sp³-hybridized carbons (Fsp3) is 0.333. The van der Waals surface area contributed by atoms with Crippen molar-refractivity contribution in [3.63, 3.8) is 0 Å². The van der Waals surface area contributed by atoms with Crippen molar-refractivity contribution in [1.82, 2.24) is 9.97 Å². The molecule has 3 nitrogen and oxygen atoms in total. The Morgan fingerprint density at radius 1 is 1.35 bits per heavy atom. The minimum Gasteiger partial charge on any atom is -0.358 e. The van der Waals surface area contributed by atoms with E-state index in [1.54, 1.807) is 11.3 Å². The van der Waals surface area contributed by atoms with Crippen LogP contribution in [0.3, 0.4) is 0 Å². The Kier molecular flexibility index (Phi) is 3.49. The van der Waals surface area contributed by atoms with Crippen molar-refractivity contribution in [1.29, 1.82) is 0 Å². The van der Waals surface area contributed by atoms with E-state index in [1.807, 2.05) is 30.8 Å². The molecule has 0 atom stereocenters. The summed E-state index contributed by atoms with van der Waals surface area (Å²) in [6, 6.07) is 2.05. The monoisotopic (exact) mass is 311 g/mol. The lowest BCUT2D eigenvalue weighted by atomic mass is 10.1. The van der Waals surface area contributed by atoms with Crippen molar-refractivity contribution in [2.45, 2.75) is 26.3 Å². The zero-order chi connectivity index (χ0) is 12.5. The summed E-state index contributed by atoms with van der Waals surface area (Å²) in [6.07, 6.45) is 3.67. The number of thiazole rings is 1. The van der Waals surface area contributed by atoms with E-state index >= 15 is 0 Å². The molecule has 0 spiro atoms. The van der Waals surface area contributed by atoms with Crippen LogP contribution in [0.15, 0.2) is 28.3 Å². The SMILES string of the molecule is Cc1cnc(NC(C)(C)c2nccs2)c(Br)c1. The third-order valence-corrected chi connectivity index (χ3v) is 4.08. The molecule has 0 aliphatic carbocycles. The second-order valence-corrected chi connectivity index (χ2v) is 6.18. The summed E-state index contributed by atoms with van der Waals surface area (Å²) in [5.74, 6) is 0.843. The van der Waals surface area contributed by atoms with Gasteiger partial charge in [0, 0.05) is 17.8 Å². The number of aromatic nitrogens is 2. The summed E-state index contributed by atoms with van der Waals surface area (Å²) in [6.45, 7) is 6.22. The van der Waals surface area contributed by atoms with Crippen molar-refractivity contribution in [2.75, 3.05) is 5.32 Å². The molecule has 0 saturated heterocycles. The van der Waals surface area contributed by atoms with Crippen LogP contribution >= 0.6 is 27.3 Å². The number of halogens is 1. The molecule has 2 rings (SSSR count). The fourth-order valence-corrected chi connectivity index (χ4v) is 2.79. The van der Waals surface area contributed by atoms with Crippen molar-refractivity contribution in [2.24, 2.45) is 0 Å².